The fraction of sp³-hybridized carbons (Fsp3) is 0.0417. The highest BCUT2D eigenvalue weighted by molar-refractivity contribution is 7.14. The van der Waals surface area contributed by atoms with Crippen LogP contribution < -0.4 is 15.7 Å². The largest absolute Gasteiger partial charge is 0.496 e. The molecule has 6 nitrogen and oxygen atoms in total. The maximum atomic E-state index is 12.9. The number of rotatable bonds is 4. The molecule has 2 aromatic heterocycles. The van der Waals surface area contributed by atoms with Gasteiger partial charge in [0.1, 0.15) is 11.3 Å². The smallest absolute Gasteiger partial charge is 0.345 e. The Morgan fingerprint density at radius 3 is 2.48 bits per heavy atom. The summed E-state index contributed by atoms with van der Waals surface area (Å²) >= 11 is 1.23. The van der Waals surface area contributed by atoms with Gasteiger partial charge >= 0.3 is 5.63 Å². The van der Waals surface area contributed by atoms with E-state index in [-0.39, 0.29) is 5.91 Å². The molecule has 5 rings (SSSR count). The Morgan fingerprint density at radius 1 is 1.00 bits per heavy atom. The van der Waals surface area contributed by atoms with Crippen LogP contribution in [0.2, 0.25) is 0 Å². The first-order valence-electron chi connectivity index (χ1n) is 9.49. The van der Waals surface area contributed by atoms with Crippen molar-refractivity contribution < 1.29 is 13.9 Å². The van der Waals surface area contributed by atoms with Crippen molar-refractivity contribution in [2.45, 2.75) is 0 Å². The standard InChI is InChI=1S/C24H16N2O4S/c1-29-21-12-15-7-3-2-6-14(15)10-18(21)22(27)26-24-25-19(13-31-24)17-11-16-8-4-5-9-20(16)30-23(17)28/h2-13H,1H3,(H,25,26,27). The topological polar surface area (TPSA) is 81.4 Å². The van der Waals surface area contributed by atoms with Gasteiger partial charge in [0, 0.05) is 10.8 Å². The lowest BCUT2D eigenvalue weighted by Crippen LogP contribution is -2.13. The van der Waals surface area contributed by atoms with Crippen molar-refractivity contribution >= 4 is 44.1 Å². The molecular weight excluding hydrogens is 412 g/mol. The molecule has 0 spiro atoms. The van der Waals surface area contributed by atoms with Crippen LogP contribution in [0.25, 0.3) is 33.0 Å². The summed E-state index contributed by atoms with van der Waals surface area (Å²) in [6, 6.07) is 20.4. The van der Waals surface area contributed by atoms with E-state index in [1.807, 2.05) is 48.5 Å². The quantitative estimate of drug-likeness (QED) is 0.391. The summed E-state index contributed by atoms with van der Waals surface area (Å²) in [6.45, 7) is 0. The SMILES string of the molecule is COc1cc2ccccc2cc1C(=O)Nc1nc(-c2cc3ccccc3oc2=O)cs1. The molecule has 0 saturated heterocycles. The van der Waals surface area contributed by atoms with Crippen LogP contribution in [0.1, 0.15) is 10.4 Å². The van der Waals surface area contributed by atoms with E-state index < -0.39 is 5.63 Å². The first kappa shape index (κ1) is 19.0. The zero-order chi connectivity index (χ0) is 21.4. The molecule has 0 aliphatic carbocycles. The van der Waals surface area contributed by atoms with Gasteiger partial charge in [-0.15, -0.1) is 11.3 Å². The van der Waals surface area contributed by atoms with Crippen LogP contribution in [0, 0.1) is 0 Å². The molecule has 3 aromatic carbocycles. The number of carbonyl (C=O) groups excluding carboxylic acids is 1. The Bertz CT molecular complexity index is 1500. The predicted molar refractivity (Wildman–Crippen MR) is 122 cm³/mol. The van der Waals surface area contributed by atoms with Crippen molar-refractivity contribution in [2.24, 2.45) is 0 Å². The van der Waals surface area contributed by atoms with Crippen LogP contribution in [0.3, 0.4) is 0 Å². The highest BCUT2D eigenvalue weighted by Gasteiger charge is 2.17. The number of carbonyl (C=O) groups is 1. The van der Waals surface area contributed by atoms with E-state index in [0.29, 0.717) is 33.3 Å². The number of hydrogen-bond acceptors (Lipinski definition) is 6. The highest BCUT2D eigenvalue weighted by atomic mass is 32.1. The third kappa shape index (κ3) is 3.55. The van der Waals surface area contributed by atoms with Crippen LogP contribution in [0.4, 0.5) is 5.13 Å². The monoisotopic (exact) mass is 428 g/mol. The van der Waals surface area contributed by atoms with Gasteiger partial charge in [0.05, 0.1) is 23.9 Å². The van der Waals surface area contributed by atoms with Gasteiger partial charge in [0.2, 0.25) is 0 Å². The number of hydrogen-bond donors (Lipinski definition) is 1. The number of fused-ring (bicyclic) bond motifs is 2. The second-order valence-corrected chi connectivity index (χ2v) is 7.74. The van der Waals surface area contributed by atoms with Crippen LogP contribution in [-0.4, -0.2) is 18.0 Å². The van der Waals surface area contributed by atoms with E-state index in [9.17, 15) is 9.59 Å². The lowest BCUT2D eigenvalue weighted by Gasteiger charge is -2.10. The molecule has 31 heavy (non-hydrogen) atoms. The number of nitrogens with zero attached hydrogens (tertiary/aromatic N) is 1. The number of amides is 1. The molecule has 0 aliphatic rings. The normalized spacial score (nSPS) is 11.0. The summed E-state index contributed by atoms with van der Waals surface area (Å²) in [7, 11) is 1.53. The maximum absolute atomic E-state index is 12.9. The molecule has 0 unspecified atom stereocenters. The molecule has 0 atom stereocenters. The van der Waals surface area contributed by atoms with Crippen molar-refractivity contribution in [3.8, 4) is 17.0 Å². The van der Waals surface area contributed by atoms with Gasteiger partial charge in [-0.3, -0.25) is 10.1 Å². The molecule has 0 saturated carbocycles. The molecule has 152 valence electrons. The average molecular weight is 428 g/mol. The summed E-state index contributed by atoms with van der Waals surface area (Å²) < 4.78 is 10.8. The van der Waals surface area contributed by atoms with Gasteiger partial charge in [-0.1, -0.05) is 42.5 Å². The number of benzene rings is 3. The van der Waals surface area contributed by atoms with E-state index in [2.05, 4.69) is 10.3 Å². The van der Waals surface area contributed by atoms with Gasteiger partial charge in [0.25, 0.3) is 5.91 Å². The predicted octanol–water partition coefficient (Wildman–Crippen LogP) is 5.33. The maximum Gasteiger partial charge on any atom is 0.345 e. The number of ether oxygens (including phenoxy) is 1. The molecule has 1 N–H and O–H groups in total. The van der Waals surface area contributed by atoms with Crippen molar-refractivity contribution in [3.63, 3.8) is 0 Å². The molecule has 0 fully saturated rings. The Balaban J connectivity index is 1.46. The number of aromatic nitrogens is 1. The Labute approximate surface area is 180 Å². The van der Waals surface area contributed by atoms with E-state index in [1.165, 1.54) is 18.4 Å². The number of thiazole rings is 1. The molecular formula is C24H16N2O4S. The molecule has 2 heterocycles. The van der Waals surface area contributed by atoms with Gasteiger partial charge in [-0.25, -0.2) is 9.78 Å². The van der Waals surface area contributed by atoms with Crippen LogP contribution >= 0.6 is 11.3 Å². The van der Waals surface area contributed by atoms with E-state index in [4.69, 9.17) is 9.15 Å². The van der Waals surface area contributed by atoms with E-state index in [1.54, 1.807) is 23.6 Å². The summed E-state index contributed by atoms with van der Waals surface area (Å²) in [5, 5.41) is 7.61. The summed E-state index contributed by atoms with van der Waals surface area (Å²) in [5.41, 5.74) is 1.24. The highest BCUT2D eigenvalue weighted by Crippen LogP contribution is 2.29. The minimum Gasteiger partial charge on any atom is -0.496 e. The Morgan fingerprint density at radius 2 is 1.71 bits per heavy atom. The van der Waals surface area contributed by atoms with Crippen molar-refractivity contribution in [3.05, 3.63) is 88.1 Å². The van der Waals surface area contributed by atoms with Gasteiger partial charge in [-0.2, -0.15) is 0 Å². The molecule has 0 radical (unpaired) electrons. The van der Waals surface area contributed by atoms with Crippen LogP contribution in [0.5, 0.6) is 5.75 Å². The molecule has 7 heteroatoms. The summed E-state index contributed by atoms with van der Waals surface area (Å²) in [4.78, 5) is 29.7. The second-order valence-electron chi connectivity index (χ2n) is 6.88. The summed E-state index contributed by atoms with van der Waals surface area (Å²) in [5.74, 6) is 0.136. The van der Waals surface area contributed by atoms with Crippen molar-refractivity contribution in [2.75, 3.05) is 12.4 Å². The average Bonchev–Trinajstić information content (AvgIpc) is 3.25. The molecule has 5 aromatic rings. The van der Waals surface area contributed by atoms with Gasteiger partial charge < -0.3 is 9.15 Å². The van der Waals surface area contributed by atoms with Crippen LogP contribution in [0.15, 0.2) is 81.3 Å². The van der Waals surface area contributed by atoms with E-state index >= 15 is 0 Å². The lowest BCUT2D eigenvalue weighted by molar-refractivity contribution is 0.102. The third-order valence-electron chi connectivity index (χ3n) is 4.95. The number of nitrogens with one attached hydrogen (secondary N) is 1. The number of anilines is 1. The summed E-state index contributed by atoms with van der Waals surface area (Å²) in [6.07, 6.45) is 0. The van der Waals surface area contributed by atoms with Gasteiger partial charge in [-0.05, 0) is 35.0 Å². The zero-order valence-corrected chi connectivity index (χ0v) is 17.2. The van der Waals surface area contributed by atoms with E-state index in [0.717, 1.165) is 16.2 Å². The fourth-order valence-corrected chi connectivity index (χ4v) is 4.13. The first-order valence-corrected chi connectivity index (χ1v) is 10.4. The molecule has 0 aliphatic heterocycles. The minimum atomic E-state index is -0.474. The van der Waals surface area contributed by atoms with Crippen molar-refractivity contribution in [1.29, 1.82) is 0 Å². The van der Waals surface area contributed by atoms with Crippen LogP contribution in [-0.2, 0) is 0 Å². The van der Waals surface area contributed by atoms with Gasteiger partial charge in [0.15, 0.2) is 5.13 Å². The lowest BCUT2D eigenvalue weighted by atomic mass is 10.1. The second kappa shape index (κ2) is 7.70. The fourth-order valence-electron chi connectivity index (χ4n) is 3.43. The van der Waals surface area contributed by atoms with Crippen molar-refractivity contribution in [1.82, 2.24) is 4.98 Å². The first-order chi connectivity index (χ1) is 15.1. The third-order valence-corrected chi connectivity index (χ3v) is 5.71. The molecule has 0 bridgehead atoms. The number of para-hydroxylation sites is 1. The minimum absolute atomic E-state index is 0.339. The molecule has 1 amide bonds. The number of methoxy groups -OCH3 is 1. The Kier molecular flexibility index (Phi) is 4.72. The zero-order valence-electron chi connectivity index (χ0n) is 16.4. The Hall–Kier alpha value is -3.97.